The Kier molecular flexibility index (Phi) is 8.08. The van der Waals surface area contributed by atoms with Gasteiger partial charge in [0.25, 0.3) is 5.91 Å². The van der Waals surface area contributed by atoms with Crippen molar-refractivity contribution in [1.82, 2.24) is 20.9 Å². The number of carbonyl (C=O) groups excluding carboxylic acids is 1. The first kappa shape index (κ1) is 19.9. The molecule has 0 atom stereocenters. The van der Waals surface area contributed by atoms with Crippen LogP contribution in [-0.4, -0.2) is 37.0 Å². The Balaban J connectivity index is 1.89. The van der Waals surface area contributed by atoms with Crippen LogP contribution in [0.25, 0.3) is 0 Å². The molecule has 0 aliphatic heterocycles. The van der Waals surface area contributed by atoms with Gasteiger partial charge in [0.05, 0.1) is 6.54 Å². The minimum atomic E-state index is -0.0652. The molecular formula is C19H27N5OS. The maximum atomic E-state index is 11.7. The van der Waals surface area contributed by atoms with Gasteiger partial charge in [-0.2, -0.15) is 0 Å². The van der Waals surface area contributed by atoms with Crippen LogP contribution in [0.4, 0.5) is 0 Å². The van der Waals surface area contributed by atoms with Gasteiger partial charge in [-0.25, -0.2) is 9.98 Å². The minimum Gasteiger partial charge on any atom is -0.357 e. The van der Waals surface area contributed by atoms with Gasteiger partial charge < -0.3 is 16.0 Å². The van der Waals surface area contributed by atoms with Crippen molar-refractivity contribution in [2.45, 2.75) is 33.2 Å². The number of hydrogen-bond donors (Lipinski definition) is 3. The number of hydrogen-bond acceptors (Lipinski definition) is 4. The van der Waals surface area contributed by atoms with Crippen LogP contribution in [-0.2, 0) is 19.4 Å². The molecule has 0 aliphatic rings. The van der Waals surface area contributed by atoms with Crippen LogP contribution in [0.3, 0.4) is 0 Å². The molecule has 0 unspecified atom stereocenters. The zero-order valence-electron chi connectivity index (χ0n) is 15.6. The van der Waals surface area contributed by atoms with Gasteiger partial charge in [-0.3, -0.25) is 4.79 Å². The second-order valence-electron chi connectivity index (χ2n) is 5.73. The van der Waals surface area contributed by atoms with Crippen LogP contribution in [0.2, 0.25) is 0 Å². The monoisotopic (exact) mass is 373 g/mol. The van der Waals surface area contributed by atoms with Crippen LogP contribution in [0.5, 0.6) is 0 Å². The molecule has 1 amide bonds. The van der Waals surface area contributed by atoms with Crippen LogP contribution < -0.4 is 16.0 Å². The maximum Gasteiger partial charge on any atom is 0.251 e. The number of nitrogens with zero attached hydrogens (tertiary/aromatic N) is 2. The SMILES string of the molecule is CCNC(=NCc1ncc(CC)s1)NCCc1cccc(C(=O)NC)c1. The lowest BCUT2D eigenvalue weighted by Crippen LogP contribution is -2.38. The Morgan fingerprint density at radius 1 is 1.27 bits per heavy atom. The summed E-state index contributed by atoms with van der Waals surface area (Å²) in [6.07, 6.45) is 3.75. The fourth-order valence-electron chi connectivity index (χ4n) is 2.41. The van der Waals surface area contributed by atoms with Gasteiger partial charge in [-0.15, -0.1) is 11.3 Å². The highest BCUT2D eigenvalue weighted by molar-refractivity contribution is 7.11. The number of nitrogens with one attached hydrogen (secondary N) is 3. The molecule has 0 bridgehead atoms. The summed E-state index contributed by atoms with van der Waals surface area (Å²) in [6.45, 7) is 6.29. The average Bonchev–Trinajstić information content (AvgIpc) is 3.14. The van der Waals surface area contributed by atoms with Gasteiger partial charge >= 0.3 is 0 Å². The average molecular weight is 374 g/mol. The van der Waals surface area contributed by atoms with Gasteiger partial charge in [0, 0.05) is 36.8 Å². The van der Waals surface area contributed by atoms with Crippen molar-refractivity contribution in [1.29, 1.82) is 0 Å². The Hall–Kier alpha value is -2.41. The summed E-state index contributed by atoms with van der Waals surface area (Å²) in [6, 6.07) is 7.68. The van der Waals surface area contributed by atoms with Crippen molar-refractivity contribution in [3.63, 3.8) is 0 Å². The quantitative estimate of drug-likeness (QED) is 0.490. The molecule has 0 fully saturated rings. The molecule has 1 aromatic carbocycles. The molecule has 0 aliphatic carbocycles. The number of aliphatic imine (C=N–C) groups is 1. The first-order chi connectivity index (χ1) is 12.7. The van der Waals surface area contributed by atoms with Gasteiger partial charge in [0.2, 0.25) is 0 Å². The number of benzene rings is 1. The Morgan fingerprint density at radius 2 is 2.12 bits per heavy atom. The molecule has 6 nitrogen and oxygen atoms in total. The van der Waals surface area contributed by atoms with Gasteiger partial charge in [0.15, 0.2) is 5.96 Å². The zero-order valence-corrected chi connectivity index (χ0v) is 16.4. The Bertz CT molecular complexity index is 741. The Morgan fingerprint density at radius 3 is 2.81 bits per heavy atom. The summed E-state index contributed by atoms with van der Waals surface area (Å²) in [5.41, 5.74) is 1.79. The van der Waals surface area contributed by atoms with E-state index in [9.17, 15) is 4.79 Å². The first-order valence-corrected chi connectivity index (χ1v) is 9.74. The van der Waals surface area contributed by atoms with Crippen molar-refractivity contribution >= 4 is 23.2 Å². The maximum absolute atomic E-state index is 11.7. The third-order valence-electron chi connectivity index (χ3n) is 3.79. The van der Waals surface area contributed by atoms with E-state index in [2.05, 4.69) is 32.9 Å². The number of amides is 1. The molecule has 1 heterocycles. The van der Waals surface area contributed by atoms with Crippen molar-refractivity contribution in [3.8, 4) is 0 Å². The lowest BCUT2D eigenvalue weighted by molar-refractivity contribution is 0.0963. The Labute approximate surface area is 159 Å². The van der Waals surface area contributed by atoms with Crippen LogP contribution in [0.15, 0.2) is 35.5 Å². The van der Waals surface area contributed by atoms with E-state index >= 15 is 0 Å². The van der Waals surface area contributed by atoms with Gasteiger partial charge in [-0.05, 0) is 37.5 Å². The smallest absolute Gasteiger partial charge is 0.251 e. The summed E-state index contributed by atoms with van der Waals surface area (Å²) < 4.78 is 0. The molecule has 0 saturated carbocycles. The molecule has 2 aromatic rings. The van der Waals surface area contributed by atoms with Crippen molar-refractivity contribution in [2.24, 2.45) is 4.99 Å². The summed E-state index contributed by atoms with van der Waals surface area (Å²) in [5.74, 6) is 0.716. The molecule has 0 saturated heterocycles. The van der Waals surface area contributed by atoms with E-state index < -0.39 is 0 Å². The third kappa shape index (κ3) is 6.15. The largest absolute Gasteiger partial charge is 0.357 e. The topological polar surface area (TPSA) is 78.4 Å². The minimum absolute atomic E-state index is 0.0652. The highest BCUT2D eigenvalue weighted by Crippen LogP contribution is 2.14. The van der Waals surface area contributed by atoms with Gasteiger partial charge in [-0.1, -0.05) is 19.1 Å². The third-order valence-corrected chi connectivity index (χ3v) is 4.92. The van der Waals surface area contributed by atoms with E-state index in [1.807, 2.05) is 37.4 Å². The van der Waals surface area contributed by atoms with Crippen molar-refractivity contribution in [2.75, 3.05) is 20.1 Å². The first-order valence-electron chi connectivity index (χ1n) is 8.93. The standard InChI is InChI=1S/C19H27N5OS/c1-4-16-12-23-17(26-16)13-24-19(21-5-2)22-10-9-14-7-6-8-15(11-14)18(25)20-3/h6-8,11-12H,4-5,9-10,13H2,1-3H3,(H,20,25)(H2,21,22,24). The highest BCUT2D eigenvalue weighted by atomic mass is 32.1. The summed E-state index contributed by atoms with van der Waals surface area (Å²) in [7, 11) is 1.64. The fraction of sp³-hybridized carbons (Fsp3) is 0.421. The lowest BCUT2D eigenvalue weighted by Gasteiger charge is -2.11. The van der Waals surface area contributed by atoms with E-state index in [0.29, 0.717) is 12.1 Å². The molecule has 0 radical (unpaired) electrons. The molecule has 26 heavy (non-hydrogen) atoms. The number of thiazole rings is 1. The molecular weight excluding hydrogens is 346 g/mol. The summed E-state index contributed by atoms with van der Waals surface area (Å²) >= 11 is 1.71. The van der Waals surface area contributed by atoms with E-state index in [0.717, 1.165) is 42.5 Å². The molecule has 7 heteroatoms. The number of carbonyl (C=O) groups is 1. The van der Waals surface area contributed by atoms with E-state index in [1.54, 1.807) is 18.4 Å². The lowest BCUT2D eigenvalue weighted by atomic mass is 10.1. The number of guanidine groups is 1. The molecule has 1 aromatic heterocycles. The predicted octanol–water partition coefficient (Wildman–Crippen LogP) is 2.36. The summed E-state index contributed by atoms with van der Waals surface area (Å²) in [4.78, 5) is 22.0. The summed E-state index contributed by atoms with van der Waals surface area (Å²) in [5, 5.41) is 10.3. The number of rotatable bonds is 8. The second kappa shape index (κ2) is 10.6. The number of aryl methyl sites for hydroxylation is 1. The molecule has 2 rings (SSSR count). The van der Waals surface area contributed by atoms with Crippen molar-refractivity contribution < 1.29 is 4.79 Å². The molecule has 0 spiro atoms. The molecule has 140 valence electrons. The van der Waals surface area contributed by atoms with E-state index in [1.165, 1.54) is 4.88 Å². The number of aromatic nitrogens is 1. The van der Waals surface area contributed by atoms with E-state index in [4.69, 9.17) is 0 Å². The van der Waals surface area contributed by atoms with E-state index in [-0.39, 0.29) is 5.91 Å². The van der Waals surface area contributed by atoms with Crippen LogP contribution in [0, 0.1) is 0 Å². The van der Waals surface area contributed by atoms with Crippen LogP contribution in [0.1, 0.15) is 39.7 Å². The van der Waals surface area contributed by atoms with Gasteiger partial charge in [0.1, 0.15) is 5.01 Å². The van der Waals surface area contributed by atoms with Crippen molar-refractivity contribution in [3.05, 3.63) is 51.5 Å². The van der Waals surface area contributed by atoms with Crippen LogP contribution >= 0.6 is 11.3 Å². The predicted molar refractivity (Wildman–Crippen MR) is 108 cm³/mol. The molecule has 3 N–H and O–H groups in total. The highest BCUT2D eigenvalue weighted by Gasteiger charge is 2.05. The normalized spacial score (nSPS) is 11.3. The fourth-order valence-corrected chi connectivity index (χ4v) is 3.20. The second-order valence-corrected chi connectivity index (χ2v) is 6.93. The zero-order chi connectivity index (χ0) is 18.8.